The Balaban J connectivity index is 2.03. The highest BCUT2D eigenvalue weighted by molar-refractivity contribution is 8.28. The summed E-state index contributed by atoms with van der Waals surface area (Å²) in [6.45, 7) is 1.95. The van der Waals surface area contributed by atoms with Crippen LogP contribution in [0.5, 0.6) is 5.75 Å². The summed E-state index contributed by atoms with van der Waals surface area (Å²) in [4.78, 5) is 0. The molecule has 0 bridgehead atoms. The predicted molar refractivity (Wildman–Crippen MR) is 111 cm³/mol. The Kier molecular flexibility index (Phi) is 5.46. The van der Waals surface area contributed by atoms with Crippen LogP contribution in [-0.2, 0) is 13.7 Å². The Morgan fingerprint density at radius 2 is 1.42 bits per heavy atom. The average molecular weight is 393 g/mol. The molecule has 26 heavy (non-hydrogen) atoms. The van der Waals surface area contributed by atoms with E-state index in [9.17, 15) is 8.42 Å². The number of rotatable bonds is 7. The molecule has 0 aliphatic heterocycles. The Bertz CT molecular complexity index is 972. The van der Waals surface area contributed by atoms with Crippen molar-refractivity contribution in [2.24, 2.45) is 0 Å². The van der Waals surface area contributed by atoms with Crippen molar-refractivity contribution < 1.29 is 16.2 Å². The van der Waals surface area contributed by atoms with Crippen LogP contribution >= 0.6 is 10.6 Å². The van der Waals surface area contributed by atoms with Crippen LogP contribution in [0.4, 0.5) is 0 Å². The molecule has 6 heteroatoms. The highest BCUT2D eigenvalue weighted by Crippen LogP contribution is 2.49. The Labute approximate surface area is 157 Å². The van der Waals surface area contributed by atoms with Crippen molar-refractivity contribution in [3.8, 4) is 5.75 Å². The van der Waals surface area contributed by atoms with Crippen molar-refractivity contribution in [3.63, 3.8) is 0 Å². The van der Waals surface area contributed by atoms with Gasteiger partial charge < -0.3 is 4.18 Å². The summed E-state index contributed by atoms with van der Waals surface area (Å²) < 4.78 is 36.2. The molecule has 0 fully saturated rings. The maximum absolute atomic E-state index is 12.2. The van der Waals surface area contributed by atoms with Gasteiger partial charge in [0.25, 0.3) is 10.1 Å². The van der Waals surface area contributed by atoms with Crippen molar-refractivity contribution in [2.75, 3.05) is 18.3 Å². The third-order valence-corrected chi connectivity index (χ3v) is 7.52. The minimum absolute atomic E-state index is 0.0135. The summed E-state index contributed by atoms with van der Waals surface area (Å²) in [7, 11) is -5.91. The topological polar surface area (TPSA) is 52.6 Å². The summed E-state index contributed by atoms with van der Waals surface area (Å²) in [5.74, 6) is 0.684. The average Bonchev–Trinajstić information content (AvgIpc) is 2.59. The first-order chi connectivity index (χ1) is 12.3. The zero-order valence-electron chi connectivity index (χ0n) is 15.3. The molecule has 3 aromatic carbocycles. The summed E-state index contributed by atoms with van der Waals surface area (Å²) in [6, 6.07) is 18.0. The van der Waals surface area contributed by atoms with Gasteiger partial charge in [0.05, 0.1) is 5.75 Å². The summed E-state index contributed by atoms with van der Waals surface area (Å²) >= 11 is 0. The van der Waals surface area contributed by atoms with Crippen molar-refractivity contribution in [3.05, 3.63) is 54.6 Å². The predicted octanol–water partition coefficient (Wildman–Crippen LogP) is 5.41. The van der Waals surface area contributed by atoms with E-state index in [0.29, 0.717) is 12.2 Å². The standard InChI is InChI=1S/C20H24O4S2/c1-4-5-14-26(21,22)24-25(2,3)23-20-18-12-8-6-10-16(18)15-17-11-7-9-13-19(17)20/h6-13,15H,4-5,14H2,1-3H3. The van der Waals surface area contributed by atoms with Crippen LogP contribution in [0.2, 0.25) is 0 Å². The van der Waals surface area contributed by atoms with Crippen LogP contribution in [0.1, 0.15) is 19.8 Å². The van der Waals surface area contributed by atoms with Crippen molar-refractivity contribution in [2.45, 2.75) is 19.8 Å². The second-order valence-corrected chi connectivity index (χ2v) is 11.1. The first-order valence-electron chi connectivity index (χ1n) is 8.58. The first kappa shape index (κ1) is 19.0. The normalized spacial score (nSPS) is 13.2. The minimum atomic E-state index is -3.62. The van der Waals surface area contributed by atoms with Crippen LogP contribution < -0.4 is 4.18 Å². The quantitative estimate of drug-likeness (QED) is 0.504. The molecule has 0 saturated heterocycles. The van der Waals surface area contributed by atoms with Gasteiger partial charge in [-0.25, -0.2) is 0 Å². The molecule has 140 valence electrons. The largest absolute Gasteiger partial charge is 0.390 e. The molecule has 0 saturated carbocycles. The Hall–Kier alpha value is -1.76. The van der Waals surface area contributed by atoms with Crippen LogP contribution in [0.25, 0.3) is 21.5 Å². The lowest BCUT2D eigenvalue weighted by atomic mass is 10.0. The molecule has 0 amide bonds. The number of hydrogen-bond acceptors (Lipinski definition) is 4. The van der Waals surface area contributed by atoms with Crippen molar-refractivity contribution >= 4 is 42.3 Å². The molecule has 3 rings (SSSR count). The molecule has 4 nitrogen and oxygen atoms in total. The van der Waals surface area contributed by atoms with Gasteiger partial charge in [-0.05, 0) is 23.3 Å². The third-order valence-electron chi connectivity index (χ3n) is 4.02. The van der Waals surface area contributed by atoms with Crippen LogP contribution in [-0.4, -0.2) is 26.7 Å². The molecular weight excluding hydrogens is 368 g/mol. The van der Waals surface area contributed by atoms with Crippen LogP contribution in [0.3, 0.4) is 0 Å². The van der Waals surface area contributed by atoms with E-state index < -0.39 is 20.7 Å². The van der Waals surface area contributed by atoms with E-state index in [1.807, 2.05) is 55.5 Å². The zero-order valence-corrected chi connectivity index (χ0v) is 16.9. The van der Waals surface area contributed by atoms with Crippen LogP contribution in [0.15, 0.2) is 54.6 Å². The van der Waals surface area contributed by atoms with Gasteiger partial charge in [-0.3, -0.25) is 0 Å². The molecule has 0 spiro atoms. The maximum atomic E-state index is 12.2. The van der Waals surface area contributed by atoms with Gasteiger partial charge in [0.2, 0.25) is 0 Å². The minimum Gasteiger partial charge on any atom is -0.390 e. The lowest BCUT2D eigenvalue weighted by Gasteiger charge is -2.35. The van der Waals surface area contributed by atoms with E-state index in [1.165, 1.54) is 0 Å². The monoisotopic (exact) mass is 392 g/mol. The fourth-order valence-electron chi connectivity index (χ4n) is 2.88. The van der Waals surface area contributed by atoms with E-state index in [4.69, 9.17) is 7.81 Å². The van der Waals surface area contributed by atoms with Gasteiger partial charge >= 0.3 is 0 Å². The second-order valence-electron chi connectivity index (χ2n) is 6.56. The lowest BCUT2D eigenvalue weighted by molar-refractivity contribution is 0.474. The van der Waals surface area contributed by atoms with E-state index in [-0.39, 0.29) is 5.75 Å². The van der Waals surface area contributed by atoms with E-state index in [1.54, 1.807) is 12.5 Å². The molecule has 0 atom stereocenters. The van der Waals surface area contributed by atoms with Crippen molar-refractivity contribution in [1.29, 1.82) is 0 Å². The smallest absolute Gasteiger partial charge is 0.286 e. The van der Waals surface area contributed by atoms with Gasteiger partial charge in [0.1, 0.15) is 0 Å². The van der Waals surface area contributed by atoms with E-state index in [2.05, 4.69) is 6.07 Å². The molecule has 0 aliphatic rings. The fourth-order valence-corrected chi connectivity index (χ4v) is 6.48. The molecule has 0 heterocycles. The molecular formula is C20H24O4S2. The summed E-state index contributed by atoms with van der Waals surface area (Å²) in [6.07, 6.45) is 4.81. The van der Waals surface area contributed by atoms with Gasteiger partial charge in [-0.1, -0.05) is 61.9 Å². The number of unbranched alkanes of at least 4 members (excludes halogenated alkanes) is 1. The molecule has 0 aromatic heterocycles. The molecule has 0 radical (unpaired) electrons. The summed E-state index contributed by atoms with van der Waals surface area (Å²) in [5.41, 5.74) is 0. The lowest BCUT2D eigenvalue weighted by Crippen LogP contribution is -2.17. The Morgan fingerprint density at radius 1 is 0.885 bits per heavy atom. The SMILES string of the molecule is CCCCS(=O)(=O)OS(C)(C)Oc1c2ccccc2cc2ccccc12. The number of hydrogen-bond donors (Lipinski definition) is 0. The van der Waals surface area contributed by atoms with E-state index >= 15 is 0 Å². The third kappa shape index (κ3) is 4.31. The number of benzene rings is 3. The van der Waals surface area contributed by atoms with Gasteiger partial charge in [0, 0.05) is 23.3 Å². The van der Waals surface area contributed by atoms with E-state index in [0.717, 1.165) is 28.0 Å². The van der Waals surface area contributed by atoms with Crippen LogP contribution in [0, 0.1) is 0 Å². The maximum Gasteiger partial charge on any atom is 0.286 e. The highest BCUT2D eigenvalue weighted by Gasteiger charge is 2.23. The zero-order chi connectivity index (χ0) is 18.8. The first-order valence-corrected chi connectivity index (χ1v) is 12.5. The number of fused-ring (bicyclic) bond motifs is 2. The molecule has 0 unspecified atom stereocenters. The fraction of sp³-hybridized carbons (Fsp3) is 0.300. The second kappa shape index (κ2) is 7.47. The van der Waals surface area contributed by atoms with Crippen molar-refractivity contribution in [1.82, 2.24) is 0 Å². The Morgan fingerprint density at radius 3 is 1.96 bits per heavy atom. The van der Waals surface area contributed by atoms with Gasteiger partial charge in [0.15, 0.2) is 5.75 Å². The van der Waals surface area contributed by atoms with Gasteiger partial charge in [-0.15, -0.1) is 10.6 Å². The summed E-state index contributed by atoms with van der Waals surface area (Å²) in [5, 5.41) is 3.98. The highest BCUT2D eigenvalue weighted by atomic mass is 32.3. The molecule has 3 aromatic rings. The molecule has 0 N–H and O–H groups in total. The molecule has 0 aliphatic carbocycles. The van der Waals surface area contributed by atoms with Gasteiger partial charge in [-0.2, -0.15) is 12.0 Å².